The summed E-state index contributed by atoms with van der Waals surface area (Å²) in [7, 11) is -1.74. The Morgan fingerprint density at radius 1 is 0.776 bits per heavy atom. The molecule has 268 valence electrons. The van der Waals surface area contributed by atoms with Crippen molar-refractivity contribution in [3.8, 4) is 23.0 Å². The Labute approximate surface area is 300 Å². The van der Waals surface area contributed by atoms with E-state index in [4.69, 9.17) is 29.8 Å². The fraction of sp³-hybridized carbons (Fsp3) is 0.485. The molecule has 3 N–H and O–H groups in total. The maximum absolute atomic E-state index is 13.2. The predicted molar refractivity (Wildman–Crippen MR) is 192 cm³/mol. The monoisotopic (exact) mass is 755 g/mol. The Morgan fingerprint density at radius 3 is 1.59 bits per heavy atom. The first-order valence-electron chi connectivity index (χ1n) is 15.3. The van der Waals surface area contributed by atoms with Crippen LogP contribution in [-0.2, 0) is 47.6 Å². The molecule has 3 atom stereocenters. The van der Waals surface area contributed by atoms with Gasteiger partial charge in [0.15, 0.2) is 33.2 Å². The molecular formula is C33H41NO11S4. The number of carbonyl (C=O) groups is 5. The third-order valence-corrected chi connectivity index (χ3v) is 11.1. The van der Waals surface area contributed by atoms with E-state index in [2.05, 4.69) is 0 Å². The highest BCUT2D eigenvalue weighted by molar-refractivity contribution is 8.13. The predicted octanol–water partition coefficient (Wildman–Crippen LogP) is 3.76. The van der Waals surface area contributed by atoms with Crippen molar-refractivity contribution in [3.63, 3.8) is 0 Å². The van der Waals surface area contributed by atoms with E-state index >= 15 is 0 Å². The van der Waals surface area contributed by atoms with Gasteiger partial charge in [0, 0.05) is 48.0 Å². The third kappa shape index (κ3) is 14.0. The maximum Gasteiger partial charge on any atom is 0.320 e. The number of hydrogen-bond donors (Lipinski definition) is 2. The molecule has 0 aliphatic carbocycles. The van der Waals surface area contributed by atoms with Crippen LogP contribution < -0.4 is 24.7 Å². The SMILES string of the molecule is CC(=O)SCC(Cc1ccc2c(c1)OCO2)C(=O)CS(=O)CC(=O)C(CSC(C)=O)Cc1ccc2c(c1)OCO2.CSCC[C@H](N)C(=O)O. The molecule has 16 heteroatoms. The largest absolute Gasteiger partial charge is 0.480 e. The zero-order valence-electron chi connectivity index (χ0n) is 27.5. The van der Waals surface area contributed by atoms with E-state index in [0.717, 1.165) is 40.4 Å². The number of benzene rings is 2. The van der Waals surface area contributed by atoms with Crippen LogP contribution in [0.2, 0.25) is 0 Å². The number of ketones is 2. The molecule has 2 aromatic carbocycles. The van der Waals surface area contributed by atoms with Crippen LogP contribution in [0.4, 0.5) is 0 Å². The minimum Gasteiger partial charge on any atom is -0.480 e. The Balaban J connectivity index is 0.000000635. The van der Waals surface area contributed by atoms with E-state index in [1.54, 1.807) is 36.0 Å². The number of aliphatic carboxylic acids is 1. The second kappa shape index (κ2) is 20.6. The van der Waals surface area contributed by atoms with Gasteiger partial charge in [0.2, 0.25) is 13.6 Å². The van der Waals surface area contributed by atoms with E-state index < -0.39 is 34.6 Å². The first-order chi connectivity index (χ1) is 23.4. The minimum atomic E-state index is -1.74. The molecule has 0 fully saturated rings. The zero-order valence-corrected chi connectivity index (χ0v) is 30.8. The summed E-state index contributed by atoms with van der Waals surface area (Å²) in [6, 6.07) is 10.1. The van der Waals surface area contributed by atoms with Crippen molar-refractivity contribution in [2.75, 3.05) is 48.6 Å². The van der Waals surface area contributed by atoms with Gasteiger partial charge in [-0.2, -0.15) is 11.8 Å². The van der Waals surface area contributed by atoms with Crippen molar-refractivity contribution in [1.82, 2.24) is 0 Å². The number of nitrogens with two attached hydrogens (primary N) is 1. The van der Waals surface area contributed by atoms with Crippen molar-refractivity contribution in [2.24, 2.45) is 17.6 Å². The van der Waals surface area contributed by atoms with Gasteiger partial charge in [0.1, 0.15) is 17.6 Å². The Morgan fingerprint density at radius 2 is 1.20 bits per heavy atom. The standard InChI is InChI=1S/C28H30O9S3.C5H11NO2S/c1-17(29)38-11-21(7-19-3-5-25-27(9-19)36-15-34-25)23(31)13-40(33)14-24(32)22(12-39-18(2)30)8-20-4-6-26-28(10-20)37-16-35-26;1-9-3-2-4(6)5(7)8/h3-6,9-10,21-22H,7-8,11-16H2,1-2H3;4H,2-3,6H2,1H3,(H,7,8)/t;4-/m.0/s1. The van der Waals surface area contributed by atoms with E-state index in [-0.39, 0.29) is 58.4 Å². The Kier molecular flexibility index (Phi) is 17.0. The summed E-state index contributed by atoms with van der Waals surface area (Å²) < 4.78 is 34.5. The number of rotatable bonds is 18. The molecule has 12 nitrogen and oxygen atoms in total. The van der Waals surface area contributed by atoms with Crippen LogP contribution in [0.1, 0.15) is 31.4 Å². The first-order valence-corrected chi connectivity index (χ1v) is 20.1. The summed E-state index contributed by atoms with van der Waals surface area (Å²) in [6.07, 6.45) is 3.15. The molecule has 2 aliphatic rings. The summed E-state index contributed by atoms with van der Waals surface area (Å²) in [4.78, 5) is 59.7. The van der Waals surface area contributed by atoms with Crippen LogP contribution in [0.25, 0.3) is 0 Å². The van der Waals surface area contributed by atoms with Gasteiger partial charge in [-0.1, -0.05) is 35.7 Å². The summed E-state index contributed by atoms with van der Waals surface area (Å²) in [5.74, 6) is 0.561. The number of ether oxygens (including phenoxy) is 4. The average molecular weight is 756 g/mol. The average Bonchev–Trinajstić information content (AvgIpc) is 3.72. The van der Waals surface area contributed by atoms with Crippen molar-refractivity contribution in [3.05, 3.63) is 47.5 Å². The quantitative estimate of drug-likeness (QED) is 0.224. The highest BCUT2D eigenvalue weighted by Gasteiger charge is 2.27. The molecule has 0 aromatic heterocycles. The maximum atomic E-state index is 13.2. The molecule has 0 saturated heterocycles. The number of carboxylic acid groups (broad SMARTS) is 1. The Hall–Kier alpha value is -3.05. The highest BCUT2D eigenvalue weighted by Crippen LogP contribution is 2.34. The van der Waals surface area contributed by atoms with Gasteiger partial charge < -0.3 is 29.8 Å². The van der Waals surface area contributed by atoms with E-state index in [1.807, 2.05) is 18.4 Å². The molecule has 0 bridgehead atoms. The molecule has 0 radical (unpaired) electrons. The summed E-state index contributed by atoms with van der Waals surface area (Å²) >= 11 is 3.69. The van der Waals surface area contributed by atoms with Gasteiger partial charge in [-0.25, -0.2) is 0 Å². The number of thioether (sulfide) groups is 3. The van der Waals surface area contributed by atoms with Crippen molar-refractivity contribution in [2.45, 2.75) is 39.2 Å². The second-order valence-corrected chi connectivity index (χ2v) is 16.0. The van der Waals surface area contributed by atoms with Crippen molar-refractivity contribution < 1.29 is 52.2 Å². The van der Waals surface area contributed by atoms with Gasteiger partial charge in [-0.05, 0) is 66.7 Å². The molecule has 4 rings (SSSR count). The molecular weight excluding hydrogens is 715 g/mol. The van der Waals surface area contributed by atoms with Gasteiger partial charge in [0.05, 0.1) is 11.5 Å². The summed E-state index contributed by atoms with van der Waals surface area (Å²) in [5, 5.41) is 8.04. The third-order valence-electron chi connectivity index (χ3n) is 7.28. The molecule has 0 amide bonds. The van der Waals surface area contributed by atoms with Crippen LogP contribution in [0, 0.1) is 11.8 Å². The molecule has 2 heterocycles. The number of carbonyl (C=O) groups excluding carboxylic acids is 4. The molecule has 2 aliphatic heterocycles. The fourth-order valence-electron chi connectivity index (χ4n) is 4.64. The topological polar surface area (TPSA) is 186 Å². The Bertz CT molecular complexity index is 1420. The zero-order chi connectivity index (χ0) is 35.9. The van der Waals surface area contributed by atoms with Gasteiger partial charge in [-0.15, -0.1) is 0 Å². The lowest BCUT2D eigenvalue weighted by atomic mass is 9.97. The highest BCUT2D eigenvalue weighted by atomic mass is 32.2. The smallest absolute Gasteiger partial charge is 0.320 e. The first kappa shape index (κ1) is 40.4. The lowest BCUT2D eigenvalue weighted by Gasteiger charge is -2.17. The molecule has 0 spiro atoms. The normalized spacial score (nSPS) is 14.9. The summed E-state index contributed by atoms with van der Waals surface area (Å²) in [6.45, 7) is 3.13. The fourth-order valence-corrected chi connectivity index (χ4v) is 7.82. The van der Waals surface area contributed by atoms with Gasteiger partial charge in [-0.3, -0.25) is 28.2 Å². The van der Waals surface area contributed by atoms with Gasteiger partial charge in [0.25, 0.3) is 0 Å². The van der Waals surface area contributed by atoms with E-state index in [0.29, 0.717) is 42.3 Å². The number of hydrogen-bond acceptors (Lipinski definition) is 14. The van der Waals surface area contributed by atoms with Gasteiger partial charge >= 0.3 is 5.97 Å². The number of fused-ring (bicyclic) bond motifs is 2. The van der Waals surface area contributed by atoms with Crippen LogP contribution >= 0.6 is 35.3 Å². The minimum absolute atomic E-state index is 0.117. The van der Waals surface area contributed by atoms with Crippen LogP contribution in [0.15, 0.2) is 36.4 Å². The molecule has 0 saturated carbocycles. The van der Waals surface area contributed by atoms with Crippen molar-refractivity contribution >= 4 is 73.9 Å². The van der Waals surface area contributed by atoms with Crippen LogP contribution in [0.5, 0.6) is 23.0 Å². The lowest BCUT2D eigenvalue weighted by Crippen LogP contribution is -2.30. The van der Waals surface area contributed by atoms with E-state index in [9.17, 15) is 28.2 Å². The number of carboxylic acids is 1. The molecule has 2 unspecified atom stereocenters. The molecule has 2 aromatic rings. The molecule has 49 heavy (non-hydrogen) atoms. The van der Waals surface area contributed by atoms with Crippen LogP contribution in [0.3, 0.4) is 0 Å². The van der Waals surface area contributed by atoms with Crippen LogP contribution in [-0.4, -0.2) is 91.7 Å². The van der Waals surface area contributed by atoms with Crippen molar-refractivity contribution in [1.29, 1.82) is 0 Å². The summed E-state index contributed by atoms with van der Waals surface area (Å²) in [5.41, 5.74) is 6.85. The lowest BCUT2D eigenvalue weighted by molar-refractivity contribution is -0.138. The van der Waals surface area contributed by atoms with E-state index in [1.165, 1.54) is 13.8 Å². The number of Topliss-reactive ketones (excluding diaryl/α,β-unsaturated/α-hetero) is 2. The second-order valence-electron chi connectivity index (χ2n) is 11.2.